The van der Waals surface area contributed by atoms with Gasteiger partial charge in [0.15, 0.2) is 0 Å². The molecular weight excluding hydrogens is 196 g/mol. The molecule has 0 aromatic heterocycles. The number of hydrogen-bond donors (Lipinski definition) is 2. The summed E-state index contributed by atoms with van der Waals surface area (Å²) in [5.74, 6) is 0. The molecule has 1 rings (SSSR count). The molecule has 0 unspecified atom stereocenters. The zero-order valence-electron chi connectivity index (χ0n) is 8.51. The van der Waals surface area contributed by atoms with Crippen molar-refractivity contribution in [2.45, 2.75) is 0 Å². The highest BCUT2D eigenvalue weighted by Gasteiger charge is 2.17. The fraction of sp³-hybridized carbons (Fsp3) is 0.300. The molecule has 0 atom stereocenters. The number of carbonyl (C=O) groups excluding carboxylic acids is 1. The highest BCUT2D eigenvalue weighted by atomic mass is 16.5. The van der Waals surface area contributed by atoms with Gasteiger partial charge in [-0.05, 0) is 12.1 Å². The smallest absolute Gasteiger partial charge is 0.414 e. The Hall–Kier alpha value is -1.75. The zero-order chi connectivity index (χ0) is 11.3. The van der Waals surface area contributed by atoms with Crippen LogP contribution in [-0.4, -0.2) is 31.5 Å². The number of aliphatic hydroxyl groups is 1. The summed E-state index contributed by atoms with van der Waals surface area (Å²) in [5.41, 5.74) is 6.72. The fourth-order valence-corrected chi connectivity index (χ4v) is 1.25. The predicted octanol–water partition coefficient (Wildman–Crippen LogP) is 0.834. The lowest BCUT2D eigenvalue weighted by Gasteiger charge is -2.21. The van der Waals surface area contributed by atoms with E-state index in [9.17, 15) is 4.79 Å². The standard InChI is InChI=1S/C10H14N2O3/c1-15-10(14)12(6-7-13)9-5-3-2-4-8(9)11/h2-5,13H,6-7,11H2,1H3. The van der Waals surface area contributed by atoms with E-state index in [4.69, 9.17) is 10.8 Å². The number of nitrogen functional groups attached to an aromatic ring is 1. The molecule has 0 fully saturated rings. The number of nitrogens with two attached hydrogens (primary N) is 1. The molecule has 0 saturated heterocycles. The number of amides is 1. The van der Waals surface area contributed by atoms with Crippen LogP contribution < -0.4 is 10.6 Å². The third kappa shape index (κ3) is 2.60. The van der Waals surface area contributed by atoms with Crippen LogP contribution in [0.2, 0.25) is 0 Å². The number of para-hydroxylation sites is 2. The van der Waals surface area contributed by atoms with E-state index >= 15 is 0 Å². The van der Waals surface area contributed by atoms with E-state index in [0.29, 0.717) is 11.4 Å². The third-order valence-electron chi connectivity index (χ3n) is 1.95. The fourth-order valence-electron chi connectivity index (χ4n) is 1.25. The minimum Gasteiger partial charge on any atom is -0.452 e. The summed E-state index contributed by atoms with van der Waals surface area (Å²) in [6, 6.07) is 6.91. The number of ether oxygens (including phenoxy) is 1. The van der Waals surface area contributed by atoms with Crippen molar-refractivity contribution in [3.63, 3.8) is 0 Å². The number of hydrogen-bond acceptors (Lipinski definition) is 4. The lowest BCUT2D eigenvalue weighted by Crippen LogP contribution is -2.33. The molecule has 0 bridgehead atoms. The summed E-state index contributed by atoms with van der Waals surface area (Å²) in [4.78, 5) is 12.7. The van der Waals surface area contributed by atoms with Gasteiger partial charge in [-0.2, -0.15) is 0 Å². The van der Waals surface area contributed by atoms with Crippen LogP contribution in [0.5, 0.6) is 0 Å². The second-order valence-corrected chi connectivity index (χ2v) is 2.90. The largest absolute Gasteiger partial charge is 0.452 e. The number of rotatable bonds is 3. The Morgan fingerprint density at radius 2 is 2.20 bits per heavy atom. The minimum absolute atomic E-state index is 0.149. The van der Waals surface area contributed by atoms with Gasteiger partial charge in [-0.15, -0.1) is 0 Å². The molecule has 1 aromatic rings. The molecule has 0 spiro atoms. The van der Waals surface area contributed by atoms with E-state index in [0.717, 1.165) is 0 Å². The normalized spacial score (nSPS) is 9.73. The van der Waals surface area contributed by atoms with Crippen LogP contribution in [-0.2, 0) is 4.74 Å². The van der Waals surface area contributed by atoms with Gasteiger partial charge in [0, 0.05) is 0 Å². The van der Waals surface area contributed by atoms with Gasteiger partial charge in [0.25, 0.3) is 0 Å². The highest BCUT2D eigenvalue weighted by molar-refractivity contribution is 5.91. The van der Waals surface area contributed by atoms with Crippen LogP contribution in [0, 0.1) is 0 Å². The van der Waals surface area contributed by atoms with Gasteiger partial charge < -0.3 is 15.6 Å². The van der Waals surface area contributed by atoms with Crippen LogP contribution in [0.1, 0.15) is 0 Å². The molecular formula is C10H14N2O3. The third-order valence-corrected chi connectivity index (χ3v) is 1.95. The van der Waals surface area contributed by atoms with Crippen molar-refractivity contribution in [3.8, 4) is 0 Å². The van der Waals surface area contributed by atoms with Crippen molar-refractivity contribution in [2.75, 3.05) is 30.9 Å². The van der Waals surface area contributed by atoms with Crippen molar-refractivity contribution in [3.05, 3.63) is 24.3 Å². The van der Waals surface area contributed by atoms with E-state index in [1.165, 1.54) is 12.0 Å². The number of methoxy groups -OCH3 is 1. The van der Waals surface area contributed by atoms with E-state index in [-0.39, 0.29) is 13.2 Å². The molecule has 0 aliphatic carbocycles. The van der Waals surface area contributed by atoms with Crippen LogP contribution in [0.25, 0.3) is 0 Å². The highest BCUT2D eigenvalue weighted by Crippen LogP contribution is 2.22. The average Bonchev–Trinajstić information content (AvgIpc) is 2.26. The predicted molar refractivity (Wildman–Crippen MR) is 57.7 cm³/mol. The van der Waals surface area contributed by atoms with Gasteiger partial charge in [-0.3, -0.25) is 4.90 Å². The van der Waals surface area contributed by atoms with Gasteiger partial charge in [0.05, 0.1) is 31.6 Å². The Bertz CT molecular complexity index is 341. The summed E-state index contributed by atoms with van der Waals surface area (Å²) in [6.45, 7) is 0.00429. The van der Waals surface area contributed by atoms with Gasteiger partial charge in [-0.1, -0.05) is 12.1 Å². The average molecular weight is 210 g/mol. The molecule has 0 saturated carbocycles. The minimum atomic E-state index is -0.540. The summed E-state index contributed by atoms with van der Waals surface area (Å²) in [5, 5.41) is 8.84. The lowest BCUT2D eigenvalue weighted by atomic mass is 10.2. The molecule has 0 radical (unpaired) electrons. The molecule has 5 heteroatoms. The van der Waals surface area contributed by atoms with Crippen LogP contribution in [0.3, 0.4) is 0 Å². The number of anilines is 2. The topological polar surface area (TPSA) is 75.8 Å². The Labute approximate surface area is 88.1 Å². The summed E-state index contributed by atoms with van der Waals surface area (Å²) in [7, 11) is 1.28. The second-order valence-electron chi connectivity index (χ2n) is 2.90. The SMILES string of the molecule is COC(=O)N(CCO)c1ccccc1N. The molecule has 1 amide bonds. The molecule has 0 aliphatic rings. The maximum absolute atomic E-state index is 11.4. The first-order valence-corrected chi connectivity index (χ1v) is 4.51. The van der Waals surface area contributed by atoms with E-state index in [2.05, 4.69) is 4.74 Å². The van der Waals surface area contributed by atoms with Crippen molar-refractivity contribution in [2.24, 2.45) is 0 Å². The van der Waals surface area contributed by atoms with E-state index < -0.39 is 6.09 Å². The first-order valence-electron chi connectivity index (χ1n) is 4.51. The summed E-state index contributed by atoms with van der Waals surface area (Å²) < 4.78 is 4.59. The van der Waals surface area contributed by atoms with E-state index in [1.807, 2.05) is 0 Å². The molecule has 0 aliphatic heterocycles. The maximum Gasteiger partial charge on any atom is 0.414 e. The molecule has 3 N–H and O–H groups in total. The number of aliphatic hydroxyl groups excluding tert-OH is 1. The zero-order valence-corrected chi connectivity index (χ0v) is 8.51. The number of benzene rings is 1. The molecule has 1 aromatic carbocycles. The Kier molecular flexibility index (Phi) is 3.93. The van der Waals surface area contributed by atoms with E-state index in [1.54, 1.807) is 24.3 Å². The summed E-state index contributed by atoms with van der Waals surface area (Å²) in [6.07, 6.45) is -0.540. The van der Waals surface area contributed by atoms with Crippen molar-refractivity contribution >= 4 is 17.5 Å². The molecule has 0 heterocycles. The van der Waals surface area contributed by atoms with Gasteiger partial charge >= 0.3 is 6.09 Å². The quantitative estimate of drug-likeness (QED) is 0.725. The maximum atomic E-state index is 11.4. The first kappa shape index (κ1) is 11.3. The van der Waals surface area contributed by atoms with Gasteiger partial charge in [-0.25, -0.2) is 4.79 Å². The van der Waals surface area contributed by atoms with Crippen LogP contribution >= 0.6 is 0 Å². The second kappa shape index (κ2) is 5.21. The Balaban J connectivity index is 2.98. The van der Waals surface area contributed by atoms with Gasteiger partial charge in [0.1, 0.15) is 0 Å². The monoisotopic (exact) mass is 210 g/mol. The Morgan fingerprint density at radius 3 is 2.73 bits per heavy atom. The van der Waals surface area contributed by atoms with Crippen molar-refractivity contribution < 1.29 is 14.6 Å². The molecule has 5 nitrogen and oxygen atoms in total. The molecule has 82 valence electrons. The van der Waals surface area contributed by atoms with Crippen molar-refractivity contribution in [1.82, 2.24) is 0 Å². The van der Waals surface area contributed by atoms with Gasteiger partial charge in [0.2, 0.25) is 0 Å². The number of nitrogens with zero attached hydrogens (tertiary/aromatic N) is 1. The van der Waals surface area contributed by atoms with Crippen LogP contribution in [0.4, 0.5) is 16.2 Å². The first-order chi connectivity index (χ1) is 7.20. The lowest BCUT2D eigenvalue weighted by molar-refractivity contribution is 0.176. The Morgan fingerprint density at radius 1 is 1.53 bits per heavy atom. The molecule has 15 heavy (non-hydrogen) atoms. The summed E-state index contributed by atoms with van der Waals surface area (Å²) >= 11 is 0. The van der Waals surface area contributed by atoms with Crippen LogP contribution in [0.15, 0.2) is 24.3 Å². The number of carbonyl (C=O) groups is 1. The van der Waals surface area contributed by atoms with Crippen molar-refractivity contribution in [1.29, 1.82) is 0 Å².